The molecule has 8 heteroatoms. The summed E-state index contributed by atoms with van der Waals surface area (Å²) in [6, 6.07) is 3.73. The molecule has 1 aromatic rings. The van der Waals surface area contributed by atoms with Crippen LogP contribution in [0.15, 0.2) is 18.2 Å². The van der Waals surface area contributed by atoms with Crippen LogP contribution in [0.1, 0.15) is 36.4 Å². The standard InChI is InChI=1S/C16H20ClF3N2.2ClH/c17-14-5-4-12(16(18,19)20)10-13(14)15(11-2-1-3-11)22-8-6-21-7-9-22;;/h4-5,10-11,15,21H,1-3,6-9H2;2*1H/t15-;;/m1../s1. The van der Waals surface area contributed by atoms with Crippen molar-refractivity contribution in [2.75, 3.05) is 26.2 Å². The zero-order valence-corrected chi connectivity index (χ0v) is 15.5. The van der Waals surface area contributed by atoms with Crippen LogP contribution < -0.4 is 5.32 Å². The molecule has 2 nitrogen and oxygen atoms in total. The molecule has 0 amide bonds. The van der Waals surface area contributed by atoms with E-state index in [2.05, 4.69) is 10.2 Å². The molecule has 1 atom stereocenters. The van der Waals surface area contributed by atoms with Gasteiger partial charge in [-0.3, -0.25) is 4.90 Å². The summed E-state index contributed by atoms with van der Waals surface area (Å²) in [7, 11) is 0. The van der Waals surface area contributed by atoms with Crippen molar-refractivity contribution in [3.05, 3.63) is 34.3 Å². The highest BCUT2D eigenvalue weighted by molar-refractivity contribution is 6.31. The number of alkyl halides is 3. The maximum Gasteiger partial charge on any atom is 0.416 e. The molecule has 0 unspecified atom stereocenters. The van der Waals surface area contributed by atoms with Gasteiger partial charge in [-0.05, 0) is 42.5 Å². The Morgan fingerprint density at radius 2 is 1.75 bits per heavy atom. The average Bonchev–Trinajstić information content (AvgIpc) is 2.43. The smallest absolute Gasteiger partial charge is 0.314 e. The minimum atomic E-state index is -4.33. The summed E-state index contributed by atoms with van der Waals surface area (Å²) in [5, 5.41) is 3.74. The van der Waals surface area contributed by atoms with Crippen LogP contribution in [0.5, 0.6) is 0 Å². The normalized spacial score (nSPS) is 20.5. The van der Waals surface area contributed by atoms with Crippen LogP contribution in [-0.4, -0.2) is 31.1 Å². The Morgan fingerprint density at radius 3 is 2.25 bits per heavy atom. The lowest BCUT2D eigenvalue weighted by Crippen LogP contribution is -2.48. The molecule has 3 rings (SSSR count). The molecule has 1 saturated carbocycles. The zero-order valence-electron chi connectivity index (χ0n) is 13.1. The third-order valence-corrected chi connectivity index (χ3v) is 5.13. The molecule has 0 spiro atoms. The van der Waals surface area contributed by atoms with Gasteiger partial charge >= 0.3 is 6.18 Å². The minimum Gasteiger partial charge on any atom is -0.314 e. The number of halogens is 6. The summed E-state index contributed by atoms with van der Waals surface area (Å²) in [5.41, 5.74) is 0.0365. The van der Waals surface area contributed by atoms with Crippen LogP contribution in [0.25, 0.3) is 0 Å². The third-order valence-electron chi connectivity index (χ3n) is 4.78. The zero-order chi connectivity index (χ0) is 15.7. The van der Waals surface area contributed by atoms with Crippen molar-refractivity contribution in [3.63, 3.8) is 0 Å². The Hall–Kier alpha value is -0.200. The monoisotopic (exact) mass is 404 g/mol. The van der Waals surface area contributed by atoms with E-state index in [1.807, 2.05) is 0 Å². The Kier molecular flexibility index (Phi) is 8.14. The van der Waals surface area contributed by atoms with Crippen molar-refractivity contribution in [1.82, 2.24) is 10.2 Å². The van der Waals surface area contributed by atoms with Crippen LogP contribution in [-0.2, 0) is 6.18 Å². The molecular weight excluding hydrogens is 384 g/mol. The van der Waals surface area contributed by atoms with E-state index in [1.54, 1.807) is 0 Å². The summed E-state index contributed by atoms with van der Waals surface area (Å²) in [4.78, 5) is 2.29. The predicted octanol–water partition coefficient (Wildman–Crippen LogP) is 4.95. The molecule has 1 aromatic carbocycles. The van der Waals surface area contributed by atoms with Gasteiger partial charge in [0.05, 0.1) is 5.56 Å². The molecule has 1 aliphatic carbocycles. The fourth-order valence-electron chi connectivity index (χ4n) is 3.41. The topological polar surface area (TPSA) is 15.3 Å². The summed E-state index contributed by atoms with van der Waals surface area (Å²) in [6.45, 7) is 3.46. The van der Waals surface area contributed by atoms with Gasteiger partial charge in [-0.1, -0.05) is 18.0 Å². The van der Waals surface area contributed by atoms with E-state index in [4.69, 9.17) is 11.6 Å². The number of benzene rings is 1. The largest absolute Gasteiger partial charge is 0.416 e. The van der Waals surface area contributed by atoms with Gasteiger partial charge in [0.2, 0.25) is 0 Å². The highest BCUT2D eigenvalue weighted by Crippen LogP contribution is 2.45. The first-order valence-electron chi connectivity index (χ1n) is 7.78. The summed E-state index contributed by atoms with van der Waals surface area (Å²) in [5.74, 6) is 0.416. The van der Waals surface area contributed by atoms with Gasteiger partial charge in [-0.25, -0.2) is 0 Å². The van der Waals surface area contributed by atoms with Gasteiger partial charge in [-0.2, -0.15) is 13.2 Å². The van der Waals surface area contributed by atoms with E-state index in [-0.39, 0.29) is 30.9 Å². The molecule has 0 radical (unpaired) electrons. The SMILES string of the molecule is Cl.Cl.FC(F)(F)c1ccc(Cl)c([C@@H](C2CCC2)N2CCNCC2)c1. The quantitative estimate of drug-likeness (QED) is 0.765. The first-order chi connectivity index (χ1) is 10.5. The minimum absolute atomic E-state index is 0. The Labute approximate surface area is 157 Å². The molecule has 1 N–H and O–H groups in total. The van der Waals surface area contributed by atoms with Crippen molar-refractivity contribution in [2.45, 2.75) is 31.5 Å². The molecule has 0 aromatic heterocycles. The van der Waals surface area contributed by atoms with Gasteiger partial charge in [0.25, 0.3) is 0 Å². The van der Waals surface area contributed by atoms with Crippen LogP contribution in [0.3, 0.4) is 0 Å². The molecule has 0 bridgehead atoms. The van der Waals surface area contributed by atoms with Crippen molar-refractivity contribution in [1.29, 1.82) is 0 Å². The van der Waals surface area contributed by atoms with Crippen molar-refractivity contribution in [2.24, 2.45) is 5.92 Å². The maximum atomic E-state index is 13.0. The summed E-state index contributed by atoms with van der Waals surface area (Å²) >= 11 is 6.28. The Balaban J connectivity index is 0.00000144. The molecule has 138 valence electrons. The number of rotatable bonds is 3. The molecule has 1 aliphatic heterocycles. The van der Waals surface area contributed by atoms with E-state index in [1.165, 1.54) is 12.1 Å². The van der Waals surface area contributed by atoms with Crippen molar-refractivity contribution in [3.8, 4) is 0 Å². The number of nitrogens with zero attached hydrogens (tertiary/aromatic N) is 1. The lowest BCUT2D eigenvalue weighted by Gasteiger charge is -2.43. The van der Waals surface area contributed by atoms with E-state index in [0.29, 0.717) is 16.5 Å². The molecule has 2 fully saturated rings. The van der Waals surface area contributed by atoms with E-state index in [9.17, 15) is 13.2 Å². The highest BCUT2D eigenvalue weighted by Gasteiger charge is 2.37. The second kappa shape index (κ2) is 8.95. The first-order valence-corrected chi connectivity index (χ1v) is 8.16. The van der Waals surface area contributed by atoms with Gasteiger partial charge in [0.15, 0.2) is 0 Å². The van der Waals surface area contributed by atoms with Gasteiger partial charge in [0.1, 0.15) is 0 Å². The van der Waals surface area contributed by atoms with Crippen LogP contribution in [0, 0.1) is 5.92 Å². The van der Waals surface area contributed by atoms with Crippen molar-refractivity contribution < 1.29 is 13.2 Å². The second-order valence-corrected chi connectivity index (χ2v) is 6.56. The molecular formula is C16H22Cl3F3N2. The second-order valence-electron chi connectivity index (χ2n) is 6.16. The maximum absolute atomic E-state index is 13.0. The van der Waals surface area contributed by atoms with Crippen molar-refractivity contribution >= 4 is 36.4 Å². The van der Waals surface area contributed by atoms with E-state index >= 15 is 0 Å². The van der Waals surface area contributed by atoms with Crippen LogP contribution >= 0.6 is 36.4 Å². The Morgan fingerprint density at radius 1 is 1.12 bits per heavy atom. The highest BCUT2D eigenvalue weighted by atomic mass is 35.5. The van der Waals surface area contributed by atoms with E-state index in [0.717, 1.165) is 51.5 Å². The summed E-state index contributed by atoms with van der Waals surface area (Å²) in [6.07, 6.45) is -1.03. The third kappa shape index (κ3) is 4.70. The van der Waals surface area contributed by atoms with Gasteiger partial charge in [0, 0.05) is 37.2 Å². The molecule has 2 aliphatic rings. The summed E-state index contributed by atoms with van der Waals surface area (Å²) < 4.78 is 39.1. The lowest BCUT2D eigenvalue weighted by atomic mass is 9.76. The molecule has 1 saturated heterocycles. The predicted molar refractivity (Wildman–Crippen MR) is 95.5 cm³/mol. The molecule has 1 heterocycles. The van der Waals surface area contributed by atoms with Gasteiger partial charge < -0.3 is 5.32 Å². The fraction of sp³-hybridized carbons (Fsp3) is 0.625. The number of piperazine rings is 1. The Bertz CT molecular complexity index is 530. The number of nitrogens with one attached hydrogen (secondary N) is 1. The average molecular weight is 406 g/mol. The fourth-order valence-corrected chi connectivity index (χ4v) is 3.64. The lowest BCUT2D eigenvalue weighted by molar-refractivity contribution is -0.137. The number of hydrogen-bond donors (Lipinski definition) is 1. The van der Waals surface area contributed by atoms with Gasteiger partial charge in [-0.15, -0.1) is 24.8 Å². The first kappa shape index (κ1) is 21.8. The molecule has 24 heavy (non-hydrogen) atoms. The van der Waals surface area contributed by atoms with E-state index < -0.39 is 11.7 Å². The van der Waals surface area contributed by atoms with Crippen LogP contribution in [0.4, 0.5) is 13.2 Å². The number of hydrogen-bond acceptors (Lipinski definition) is 2. The van der Waals surface area contributed by atoms with Crippen LogP contribution in [0.2, 0.25) is 5.02 Å².